The second-order valence-corrected chi connectivity index (χ2v) is 6.49. The summed E-state index contributed by atoms with van der Waals surface area (Å²) in [5.74, 6) is -0.577. The lowest BCUT2D eigenvalue weighted by molar-refractivity contribution is 0.0303. The van der Waals surface area contributed by atoms with Gasteiger partial charge in [-0.2, -0.15) is 0 Å². The molecule has 1 aliphatic heterocycles. The van der Waals surface area contributed by atoms with Gasteiger partial charge in [0.05, 0.1) is 13.2 Å². The van der Waals surface area contributed by atoms with Crippen molar-refractivity contribution in [1.29, 1.82) is 0 Å². The van der Waals surface area contributed by atoms with Crippen LogP contribution in [0, 0.1) is 6.92 Å². The number of anilines is 1. The Morgan fingerprint density at radius 2 is 1.57 bits per heavy atom. The van der Waals surface area contributed by atoms with E-state index < -0.39 is 0 Å². The number of ether oxygens (including phenoxy) is 1. The molecule has 1 fully saturated rings. The monoisotopic (exact) mass is 381 g/mol. The summed E-state index contributed by atoms with van der Waals surface area (Å²) in [4.78, 5) is 38.7. The first kappa shape index (κ1) is 19.6. The number of rotatable bonds is 4. The van der Waals surface area contributed by atoms with Gasteiger partial charge in [-0.3, -0.25) is 14.4 Å². The van der Waals surface area contributed by atoms with Crippen molar-refractivity contribution in [3.05, 3.63) is 64.7 Å². The minimum Gasteiger partial charge on any atom is -0.378 e. The fourth-order valence-corrected chi connectivity index (χ4v) is 3.06. The molecule has 0 unspecified atom stereocenters. The Morgan fingerprint density at radius 3 is 2.21 bits per heavy atom. The van der Waals surface area contributed by atoms with Crippen LogP contribution in [0.2, 0.25) is 0 Å². The number of nitrogens with one attached hydrogen (secondary N) is 2. The summed E-state index contributed by atoms with van der Waals surface area (Å²) in [6.07, 6.45) is 0. The number of hydrogen-bond acceptors (Lipinski definition) is 4. The Bertz CT molecular complexity index is 887. The third kappa shape index (κ3) is 4.20. The van der Waals surface area contributed by atoms with Gasteiger partial charge in [0.1, 0.15) is 0 Å². The van der Waals surface area contributed by atoms with Crippen LogP contribution in [0.3, 0.4) is 0 Å². The molecule has 1 aliphatic rings. The molecule has 0 aliphatic carbocycles. The molecule has 7 heteroatoms. The van der Waals surface area contributed by atoms with Crippen LogP contribution in [-0.2, 0) is 4.74 Å². The smallest absolute Gasteiger partial charge is 0.255 e. The largest absolute Gasteiger partial charge is 0.378 e. The molecule has 2 aromatic rings. The molecule has 0 aromatic heterocycles. The minimum atomic E-state index is -0.303. The maximum atomic E-state index is 12.6. The van der Waals surface area contributed by atoms with E-state index in [0.717, 1.165) is 0 Å². The zero-order chi connectivity index (χ0) is 20.1. The van der Waals surface area contributed by atoms with Crippen molar-refractivity contribution >= 4 is 23.4 Å². The van der Waals surface area contributed by atoms with Crippen LogP contribution in [0.4, 0.5) is 5.69 Å². The molecule has 3 amide bonds. The van der Waals surface area contributed by atoms with Crippen molar-refractivity contribution < 1.29 is 19.1 Å². The van der Waals surface area contributed by atoms with Crippen molar-refractivity contribution in [3.8, 4) is 0 Å². The lowest BCUT2D eigenvalue weighted by Crippen LogP contribution is -2.40. The average Bonchev–Trinajstić information content (AvgIpc) is 2.75. The van der Waals surface area contributed by atoms with Gasteiger partial charge < -0.3 is 20.3 Å². The van der Waals surface area contributed by atoms with Gasteiger partial charge in [0, 0.05) is 42.5 Å². The SMILES string of the molecule is CNC(=O)c1cccc(NC(=O)c2ccc(C(=O)N3CCOCC3)cc2)c1C. The first-order valence-corrected chi connectivity index (χ1v) is 9.11. The van der Waals surface area contributed by atoms with Gasteiger partial charge in [0.2, 0.25) is 0 Å². The fraction of sp³-hybridized carbons (Fsp3) is 0.286. The van der Waals surface area contributed by atoms with Crippen molar-refractivity contribution in [2.45, 2.75) is 6.92 Å². The summed E-state index contributed by atoms with van der Waals surface area (Å²) >= 11 is 0. The van der Waals surface area contributed by atoms with Gasteiger partial charge in [-0.25, -0.2) is 0 Å². The molecule has 2 aromatic carbocycles. The molecular formula is C21H23N3O4. The molecule has 0 atom stereocenters. The average molecular weight is 381 g/mol. The third-order valence-corrected chi connectivity index (χ3v) is 4.75. The van der Waals surface area contributed by atoms with E-state index in [0.29, 0.717) is 54.2 Å². The Morgan fingerprint density at radius 1 is 0.929 bits per heavy atom. The van der Waals surface area contributed by atoms with Crippen molar-refractivity contribution in [2.75, 3.05) is 38.7 Å². The number of morpholine rings is 1. The second-order valence-electron chi connectivity index (χ2n) is 6.49. The van der Waals surface area contributed by atoms with E-state index in [-0.39, 0.29) is 17.7 Å². The maximum absolute atomic E-state index is 12.6. The molecule has 1 saturated heterocycles. The number of hydrogen-bond donors (Lipinski definition) is 2. The molecule has 1 heterocycles. The zero-order valence-electron chi connectivity index (χ0n) is 16.0. The van der Waals surface area contributed by atoms with Crippen LogP contribution in [-0.4, -0.2) is 56.0 Å². The van der Waals surface area contributed by atoms with Gasteiger partial charge in [-0.1, -0.05) is 6.07 Å². The Hall–Kier alpha value is -3.19. The topological polar surface area (TPSA) is 87.7 Å². The van der Waals surface area contributed by atoms with Crippen LogP contribution in [0.1, 0.15) is 36.6 Å². The van der Waals surface area contributed by atoms with Crippen LogP contribution in [0.25, 0.3) is 0 Å². The van der Waals surface area contributed by atoms with E-state index in [1.165, 1.54) is 0 Å². The zero-order valence-corrected chi connectivity index (χ0v) is 16.0. The number of nitrogens with zero attached hydrogens (tertiary/aromatic N) is 1. The summed E-state index contributed by atoms with van der Waals surface area (Å²) in [5.41, 5.74) is 2.74. The molecule has 0 spiro atoms. The fourth-order valence-electron chi connectivity index (χ4n) is 3.06. The lowest BCUT2D eigenvalue weighted by atomic mass is 10.1. The molecule has 2 N–H and O–H groups in total. The summed E-state index contributed by atoms with van der Waals surface area (Å²) in [6.45, 7) is 4.01. The van der Waals surface area contributed by atoms with E-state index in [2.05, 4.69) is 10.6 Å². The normalized spacial score (nSPS) is 13.7. The van der Waals surface area contributed by atoms with E-state index in [4.69, 9.17) is 4.74 Å². The Kier molecular flexibility index (Phi) is 6.06. The predicted molar refractivity (Wildman–Crippen MR) is 106 cm³/mol. The van der Waals surface area contributed by atoms with Gasteiger partial charge in [0.15, 0.2) is 0 Å². The predicted octanol–water partition coefficient (Wildman–Crippen LogP) is 2.08. The molecule has 146 valence electrons. The van der Waals surface area contributed by atoms with Crippen LogP contribution in [0.5, 0.6) is 0 Å². The van der Waals surface area contributed by atoms with Gasteiger partial charge in [-0.15, -0.1) is 0 Å². The number of benzene rings is 2. The van der Waals surface area contributed by atoms with Crippen molar-refractivity contribution in [2.24, 2.45) is 0 Å². The summed E-state index contributed by atoms with van der Waals surface area (Å²) < 4.78 is 5.26. The maximum Gasteiger partial charge on any atom is 0.255 e. The highest BCUT2D eigenvalue weighted by molar-refractivity contribution is 6.06. The van der Waals surface area contributed by atoms with E-state index in [1.54, 1.807) is 61.3 Å². The third-order valence-electron chi connectivity index (χ3n) is 4.75. The number of amides is 3. The highest BCUT2D eigenvalue weighted by Crippen LogP contribution is 2.20. The van der Waals surface area contributed by atoms with E-state index in [9.17, 15) is 14.4 Å². The number of carbonyl (C=O) groups excluding carboxylic acids is 3. The standard InChI is InChI=1S/C21H23N3O4/c1-14-17(20(26)22-2)4-3-5-18(14)23-19(25)15-6-8-16(9-7-15)21(27)24-10-12-28-13-11-24/h3-9H,10-13H2,1-2H3,(H,22,26)(H,23,25). The van der Waals surface area contributed by atoms with Crippen LogP contribution >= 0.6 is 0 Å². The first-order valence-electron chi connectivity index (χ1n) is 9.11. The quantitative estimate of drug-likeness (QED) is 0.849. The van der Waals surface area contributed by atoms with Gasteiger partial charge >= 0.3 is 0 Å². The molecular weight excluding hydrogens is 358 g/mol. The minimum absolute atomic E-state index is 0.0654. The lowest BCUT2D eigenvalue weighted by Gasteiger charge is -2.26. The summed E-state index contributed by atoms with van der Waals surface area (Å²) in [6, 6.07) is 11.7. The van der Waals surface area contributed by atoms with Gasteiger partial charge in [0.25, 0.3) is 17.7 Å². The molecule has 3 rings (SSSR count). The summed E-state index contributed by atoms with van der Waals surface area (Å²) in [5, 5.41) is 5.41. The molecule has 0 saturated carbocycles. The molecule has 28 heavy (non-hydrogen) atoms. The molecule has 0 bridgehead atoms. The van der Waals surface area contributed by atoms with E-state index in [1.807, 2.05) is 0 Å². The van der Waals surface area contributed by atoms with Crippen LogP contribution in [0.15, 0.2) is 42.5 Å². The van der Waals surface area contributed by atoms with Crippen LogP contribution < -0.4 is 10.6 Å². The van der Waals surface area contributed by atoms with Crippen molar-refractivity contribution in [1.82, 2.24) is 10.2 Å². The summed E-state index contributed by atoms with van der Waals surface area (Å²) in [7, 11) is 1.56. The molecule has 7 nitrogen and oxygen atoms in total. The Labute approximate surface area is 163 Å². The molecule has 0 radical (unpaired) electrons. The highest BCUT2D eigenvalue weighted by atomic mass is 16.5. The van der Waals surface area contributed by atoms with Gasteiger partial charge in [-0.05, 0) is 48.9 Å². The second kappa shape index (κ2) is 8.67. The first-order chi connectivity index (χ1) is 13.5. The highest BCUT2D eigenvalue weighted by Gasteiger charge is 2.19. The number of carbonyl (C=O) groups is 3. The van der Waals surface area contributed by atoms with Crippen molar-refractivity contribution in [3.63, 3.8) is 0 Å². The van der Waals surface area contributed by atoms with E-state index >= 15 is 0 Å². The Balaban J connectivity index is 1.72.